The summed E-state index contributed by atoms with van der Waals surface area (Å²) in [6, 6.07) is 21.3. The van der Waals surface area contributed by atoms with Crippen LogP contribution in [-0.2, 0) is 47.9 Å². The van der Waals surface area contributed by atoms with Gasteiger partial charge in [-0.15, -0.1) is 0 Å². The second-order valence-corrected chi connectivity index (χ2v) is 15.7. The second-order valence-electron chi connectivity index (χ2n) is 14.4. The number of hydrogen-bond donors (Lipinski definition) is 3. The zero-order chi connectivity index (χ0) is 37.0. The van der Waals surface area contributed by atoms with E-state index in [1.54, 1.807) is 63.2 Å². The first-order valence-corrected chi connectivity index (χ1v) is 18.5. The number of esters is 2. The standard InChI is InChI=1S/C40H43IN2O9/c1-39(2,3)51-34(45)16-15-31(23-44)43-37(47)26-10-6-7-24(17-26)22-42-36(46)29-18-32(49-38(48)25-11-13-30(41)14-12-25)35-33(19-29)50-40(52-35)20-27-8-4-5-9-28(27)21-40/h4-14,17,19,31-33,35,44H,15-16,18,20-23H2,1-3H3,(H,42,46)(H,43,47)/t31-,32+,33+,35-/m0/s1. The topological polar surface area (TPSA) is 149 Å². The third-order valence-electron chi connectivity index (χ3n) is 9.16. The van der Waals surface area contributed by atoms with E-state index in [9.17, 15) is 24.3 Å². The van der Waals surface area contributed by atoms with E-state index in [1.165, 1.54) is 0 Å². The van der Waals surface area contributed by atoms with Crippen LogP contribution in [-0.4, -0.2) is 71.2 Å². The summed E-state index contributed by atoms with van der Waals surface area (Å²) in [4.78, 5) is 52.1. The molecule has 52 heavy (non-hydrogen) atoms. The number of amides is 2. The fourth-order valence-corrected chi connectivity index (χ4v) is 7.09. The Bertz CT molecular complexity index is 1830. The maximum absolute atomic E-state index is 13.6. The van der Waals surface area contributed by atoms with Gasteiger partial charge in [-0.2, -0.15) is 0 Å². The van der Waals surface area contributed by atoms with Crippen LogP contribution in [0.15, 0.2) is 84.4 Å². The molecule has 12 heteroatoms. The van der Waals surface area contributed by atoms with Crippen molar-refractivity contribution in [1.82, 2.24) is 10.6 Å². The lowest BCUT2D eigenvalue weighted by Gasteiger charge is -2.30. The third kappa shape index (κ3) is 9.27. The molecule has 4 atom stereocenters. The third-order valence-corrected chi connectivity index (χ3v) is 9.88. The number of aliphatic hydroxyl groups is 1. The van der Waals surface area contributed by atoms with Gasteiger partial charge in [0.25, 0.3) is 5.91 Å². The Balaban J connectivity index is 1.11. The summed E-state index contributed by atoms with van der Waals surface area (Å²) in [7, 11) is 0. The number of ether oxygens (including phenoxy) is 4. The van der Waals surface area contributed by atoms with Gasteiger partial charge < -0.3 is 34.7 Å². The summed E-state index contributed by atoms with van der Waals surface area (Å²) in [5.41, 5.74) is 3.47. The monoisotopic (exact) mass is 822 g/mol. The van der Waals surface area contributed by atoms with Crippen molar-refractivity contribution in [2.75, 3.05) is 6.61 Å². The molecule has 1 heterocycles. The molecule has 6 rings (SSSR count). The maximum Gasteiger partial charge on any atom is 0.338 e. The Hall–Kier alpha value is -4.11. The molecule has 3 aliphatic rings. The van der Waals surface area contributed by atoms with E-state index in [1.807, 2.05) is 24.3 Å². The Labute approximate surface area is 316 Å². The molecule has 0 aromatic heterocycles. The summed E-state index contributed by atoms with van der Waals surface area (Å²) in [6.07, 6.45) is 1.28. The molecule has 274 valence electrons. The number of hydrogen-bond acceptors (Lipinski definition) is 9. The van der Waals surface area contributed by atoms with E-state index in [2.05, 4.69) is 45.4 Å². The molecule has 3 N–H and O–H groups in total. The second kappa shape index (κ2) is 15.9. The minimum Gasteiger partial charge on any atom is -0.460 e. The van der Waals surface area contributed by atoms with Gasteiger partial charge in [-0.25, -0.2) is 4.79 Å². The number of halogens is 1. The van der Waals surface area contributed by atoms with Crippen molar-refractivity contribution in [2.24, 2.45) is 0 Å². The van der Waals surface area contributed by atoms with Crippen LogP contribution >= 0.6 is 22.6 Å². The lowest BCUT2D eigenvalue weighted by Crippen LogP contribution is -2.43. The fraction of sp³-hybridized carbons (Fsp3) is 0.400. The maximum atomic E-state index is 13.6. The fourth-order valence-electron chi connectivity index (χ4n) is 6.73. The molecule has 2 amide bonds. The normalized spacial score (nSPS) is 20.6. The molecular weight excluding hydrogens is 779 g/mol. The van der Waals surface area contributed by atoms with Crippen molar-refractivity contribution >= 4 is 46.3 Å². The largest absolute Gasteiger partial charge is 0.460 e. The van der Waals surface area contributed by atoms with E-state index in [4.69, 9.17) is 18.9 Å². The van der Waals surface area contributed by atoms with Crippen LogP contribution in [0, 0.1) is 3.57 Å². The van der Waals surface area contributed by atoms with Crippen molar-refractivity contribution in [3.63, 3.8) is 0 Å². The molecule has 3 aromatic rings. The first-order chi connectivity index (χ1) is 24.8. The number of carbonyl (C=O) groups excluding carboxylic acids is 4. The molecule has 0 radical (unpaired) electrons. The predicted molar refractivity (Wildman–Crippen MR) is 199 cm³/mol. The highest BCUT2D eigenvalue weighted by molar-refractivity contribution is 14.1. The van der Waals surface area contributed by atoms with Crippen LogP contribution in [0.5, 0.6) is 0 Å². The van der Waals surface area contributed by atoms with Crippen molar-refractivity contribution in [1.29, 1.82) is 0 Å². The molecule has 11 nitrogen and oxygen atoms in total. The van der Waals surface area contributed by atoms with E-state index >= 15 is 0 Å². The molecule has 1 spiro atoms. The van der Waals surface area contributed by atoms with E-state index < -0.39 is 53.6 Å². The lowest BCUT2D eigenvalue weighted by molar-refractivity contribution is -0.172. The molecule has 1 fully saturated rings. The zero-order valence-corrected chi connectivity index (χ0v) is 31.5. The van der Waals surface area contributed by atoms with Gasteiger partial charge in [0.15, 0.2) is 5.79 Å². The zero-order valence-electron chi connectivity index (χ0n) is 29.4. The van der Waals surface area contributed by atoms with Gasteiger partial charge >= 0.3 is 11.9 Å². The van der Waals surface area contributed by atoms with Crippen molar-refractivity contribution < 1.29 is 43.2 Å². The van der Waals surface area contributed by atoms with Crippen molar-refractivity contribution in [3.8, 4) is 0 Å². The summed E-state index contributed by atoms with van der Waals surface area (Å²) < 4.78 is 25.5. The van der Waals surface area contributed by atoms with Gasteiger partial charge in [0, 0.05) is 46.9 Å². The number of carbonyl (C=O) groups is 4. The Morgan fingerprint density at radius 3 is 2.33 bits per heavy atom. The summed E-state index contributed by atoms with van der Waals surface area (Å²) in [5, 5.41) is 15.5. The van der Waals surface area contributed by atoms with Gasteiger partial charge in [-0.05, 0) is 109 Å². The first-order valence-electron chi connectivity index (χ1n) is 17.4. The number of rotatable bonds is 11. The minimum atomic E-state index is -0.916. The van der Waals surface area contributed by atoms with Gasteiger partial charge in [-0.1, -0.05) is 36.4 Å². The lowest BCUT2D eigenvalue weighted by atomic mass is 9.91. The molecular formula is C40H43IN2O9. The van der Waals surface area contributed by atoms with Crippen LogP contribution in [0.3, 0.4) is 0 Å². The summed E-state index contributed by atoms with van der Waals surface area (Å²) >= 11 is 2.17. The number of fused-ring (bicyclic) bond motifs is 2. The summed E-state index contributed by atoms with van der Waals surface area (Å²) in [6.45, 7) is 5.10. The Morgan fingerprint density at radius 2 is 1.65 bits per heavy atom. The number of nitrogens with one attached hydrogen (secondary N) is 2. The molecule has 2 aliphatic carbocycles. The first kappa shape index (κ1) is 37.6. The Morgan fingerprint density at radius 1 is 0.942 bits per heavy atom. The van der Waals surface area contributed by atoms with Gasteiger partial charge in [0.2, 0.25) is 5.91 Å². The summed E-state index contributed by atoms with van der Waals surface area (Å²) in [5.74, 6) is -2.61. The highest BCUT2D eigenvalue weighted by Gasteiger charge is 2.55. The number of aliphatic hydroxyl groups excluding tert-OH is 1. The Kier molecular flexibility index (Phi) is 11.5. The molecule has 0 saturated carbocycles. The van der Waals surface area contributed by atoms with E-state index in [0.29, 0.717) is 35.1 Å². The van der Waals surface area contributed by atoms with Crippen LogP contribution in [0.2, 0.25) is 0 Å². The SMILES string of the molecule is CC(C)(C)OC(=O)CC[C@@H](CO)NC(=O)c1cccc(CNC(=O)C2=C[C@H]3OC4(Cc5ccccc5C4)O[C@H]3[C@H](OC(=O)c3ccc(I)cc3)C2)c1. The average Bonchev–Trinajstić information content (AvgIpc) is 3.66. The van der Waals surface area contributed by atoms with Crippen LogP contribution in [0.25, 0.3) is 0 Å². The van der Waals surface area contributed by atoms with Gasteiger partial charge in [0.05, 0.1) is 18.2 Å². The number of benzene rings is 3. The molecule has 1 saturated heterocycles. The van der Waals surface area contributed by atoms with Crippen LogP contribution < -0.4 is 10.6 Å². The van der Waals surface area contributed by atoms with Gasteiger partial charge in [-0.3, -0.25) is 14.4 Å². The molecule has 0 bridgehead atoms. The van der Waals surface area contributed by atoms with Crippen LogP contribution in [0.4, 0.5) is 0 Å². The predicted octanol–water partition coefficient (Wildman–Crippen LogP) is 4.95. The minimum absolute atomic E-state index is 0.0455. The highest BCUT2D eigenvalue weighted by atomic mass is 127. The quantitative estimate of drug-likeness (QED) is 0.181. The van der Waals surface area contributed by atoms with Crippen molar-refractivity contribution in [3.05, 3.63) is 116 Å². The smallest absolute Gasteiger partial charge is 0.338 e. The van der Waals surface area contributed by atoms with E-state index in [0.717, 1.165) is 14.7 Å². The molecule has 0 unspecified atom stereocenters. The average molecular weight is 823 g/mol. The van der Waals surface area contributed by atoms with Gasteiger partial charge in [0.1, 0.15) is 23.9 Å². The molecule has 1 aliphatic heterocycles. The van der Waals surface area contributed by atoms with Crippen LogP contribution in [0.1, 0.15) is 77.4 Å². The highest BCUT2D eigenvalue weighted by Crippen LogP contribution is 2.45. The molecule has 3 aromatic carbocycles. The van der Waals surface area contributed by atoms with Crippen molar-refractivity contribution in [2.45, 2.75) is 95.2 Å². The van der Waals surface area contributed by atoms with E-state index in [-0.39, 0.29) is 38.3 Å².